The van der Waals surface area contributed by atoms with Crippen molar-refractivity contribution in [3.8, 4) is 5.75 Å². The summed E-state index contributed by atoms with van der Waals surface area (Å²) in [5.74, 6) is 1.07. The zero-order valence-electron chi connectivity index (χ0n) is 13.6. The van der Waals surface area contributed by atoms with Gasteiger partial charge in [-0.15, -0.1) is 0 Å². The van der Waals surface area contributed by atoms with E-state index in [1.165, 1.54) is 0 Å². The third-order valence-corrected chi connectivity index (χ3v) is 4.35. The highest BCUT2D eigenvalue weighted by Crippen LogP contribution is 2.32. The Labute approximate surface area is 145 Å². The van der Waals surface area contributed by atoms with Crippen LogP contribution in [0.1, 0.15) is 27.2 Å². The van der Waals surface area contributed by atoms with Gasteiger partial charge in [-0.25, -0.2) is 4.79 Å². The Bertz CT molecular complexity index is 700. The Hall–Kier alpha value is -1.75. The number of ether oxygens (including phenoxy) is 1. The van der Waals surface area contributed by atoms with Crippen LogP contribution in [0.3, 0.4) is 0 Å². The Balaban J connectivity index is 2.04. The summed E-state index contributed by atoms with van der Waals surface area (Å²) in [5.41, 5.74) is -0.476. The Morgan fingerprint density at radius 1 is 1.26 bits per heavy atom. The number of amides is 1. The maximum atomic E-state index is 10.8. The van der Waals surface area contributed by atoms with Crippen LogP contribution in [0.5, 0.6) is 5.75 Å². The van der Waals surface area contributed by atoms with Gasteiger partial charge in [-0.1, -0.05) is 47.1 Å². The van der Waals surface area contributed by atoms with Crippen LogP contribution >= 0.6 is 15.9 Å². The maximum Gasteiger partial charge on any atom is 0.405 e. The number of halogens is 1. The number of hydrogen-bond acceptors (Lipinski definition) is 2. The van der Waals surface area contributed by atoms with Crippen molar-refractivity contribution in [2.45, 2.75) is 32.7 Å². The van der Waals surface area contributed by atoms with Crippen molar-refractivity contribution in [2.24, 2.45) is 5.92 Å². The molecule has 0 aliphatic carbocycles. The molecule has 0 radical (unpaired) electrons. The summed E-state index contributed by atoms with van der Waals surface area (Å²) in [6.07, 6.45) is -0.296. The van der Waals surface area contributed by atoms with Crippen LogP contribution in [0, 0.1) is 5.92 Å². The van der Waals surface area contributed by atoms with E-state index >= 15 is 0 Å². The Morgan fingerprint density at radius 2 is 1.91 bits per heavy atom. The molecule has 0 bridgehead atoms. The fourth-order valence-electron chi connectivity index (χ4n) is 2.86. The van der Waals surface area contributed by atoms with Crippen molar-refractivity contribution in [2.75, 3.05) is 6.61 Å². The third-order valence-electron chi connectivity index (χ3n) is 3.66. The van der Waals surface area contributed by atoms with Gasteiger partial charge in [0.05, 0.1) is 6.61 Å². The van der Waals surface area contributed by atoms with Crippen LogP contribution < -0.4 is 10.1 Å². The van der Waals surface area contributed by atoms with Gasteiger partial charge < -0.3 is 15.2 Å². The molecule has 0 fully saturated rings. The summed E-state index contributed by atoms with van der Waals surface area (Å²) in [6.45, 7) is 6.36. The van der Waals surface area contributed by atoms with E-state index in [-0.39, 0.29) is 5.92 Å². The van der Waals surface area contributed by atoms with E-state index < -0.39 is 11.6 Å². The summed E-state index contributed by atoms with van der Waals surface area (Å²) >= 11 is 3.55. The highest BCUT2D eigenvalue weighted by atomic mass is 79.9. The normalized spacial score (nSPS) is 12.9. The molecule has 0 saturated heterocycles. The van der Waals surface area contributed by atoms with E-state index in [0.29, 0.717) is 13.0 Å². The molecule has 23 heavy (non-hydrogen) atoms. The van der Waals surface area contributed by atoms with Crippen LogP contribution in [-0.4, -0.2) is 23.3 Å². The van der Waals surface area contributed by atoms with Gasteiger partial charge in [0.1, 0.15) is 5.75 Å². The van der Waals surface area contributed by atoms with E-state index in [1.54, 1.807) is 0 Å². The first-order chi connectivity index (χ1) is 10.8. The molecule has 4 nitrogen and oxygen atoms in total. The van der Waals surface area contributed by atoms with Gasteiger partial charge in [0.2, 0.25) is 0 Å². The van der Waals surface area contributed by atoms with Crippen molar-refractivity contribution in [3.63, 3.8) is 0 Å². The second-order valence-corrected chi connectivity index (χ2v) is 7.38. The molecular formula is C18H22BrNO3. The number of rotatable bonds is 6. The molecule has 124 valence electrons. The number of fused-ring (bicyclic) bond motifs is 1. The first-order valence-electron chi connectivity index (χ1n) is 7.59. The van der Waals surface area contributed by atoms with Gasteiger partial charge in [-0.2, -0.15) is 0 Å². The summed E-state index contributed by atoms with van der Waals surface area (Å²) in [4.78, 5) is 10.8. The first-order valence-corrected chi connectivity index (χ1v) is 8.39. The van der Waals surface area contributed by atoms with Gasteiger partial charge in [-0.05, 0) is 43.7 Å². The molecule has 1 amide bonds. The molecule has 2 aromatic carbocycles. The Kier molecular flexibility index (Phi) is 5.52. The topological polar surface area (TPSA) is 58.6 Å². The first kappa shape index (κ1) is 17.6. The zero-order chi connectivity index (χ0) is 17.0. The lowest BCUT2D eigenvalue weighted by atomic mass is 9.92. The average Bonchev–Trinajstić information content (AvgIpc) is 2.45. The maximum absolute atomic E-state index is 10.8. The quantitative estimate of drug-likeness (QED) is 0.737. The fourth-order valence-corrected chi connectivity index (χ4v) is 3.34. The molecule has 2 rings (SSSR count). The van der Waals surface area contributed by atoms with Gasteiger partial charge in [0.15, 0.2) is 0 Å². The van der Waals surface area contributed by atoms with Crippen LogP contribution in [0.15, 0.2) is 40.9 Å². The highest BCUT2D eigenvalue weighted by Gasteiger charge is 2.23. The van der Waals surface area contributed by atoms with Gasteiger partial charge >= 0.3 is 6.09 Å². The molecule has 0 saturated carbocycles. The molecular weight excluding hydrogens is 358 g/mol. The molecule has 0 aliphatic rings. The number of hydrogen-bond donors (Lipinski definition) is 2. The SMILES string of the molecule is CC(COc1ccc(Br)c2ccccc12)CC(C)(C)NC(=O)O. The third kappa shape index (κ3) is 4.86. The van der Waals surface area contributed by atoms with Crippen LogP contribution in [0.25, 0.3) is 10.8 Å². The predicted molar refractivity (Wildman–Crippen MR) is 96.2 cm³/mol. The summed E-state index contributed by atoms with van der Waals surface area (Å²) in [6, 6.07) is 12.0. The Morgan fingerprint density at radius 3 is 2.57 bits per heavy atom. The zero-order valence-corrected chi connectivity index (χ0v) is 15.2. The molecule has 2 N–H and O–H groups in total. The number of benzene rings is 2. The number of carbonyl (C=O) groups is 1. The number of nitrogens with one attached hydrogen (secondary N) is 1. The second-order valence-electron chi connectivity index (χ2n) is 6.53. The smallest absolute Gasteiger partial charge is 0.405 e. The van der Waals surface area contributed by atoms with E-state index in [1.807, 2.05) is 44.2 Å². The predicted octanol–water partition coefficient (Wildman–Crippen LogP) is 5.05. The molecule has 0 aromatic heterocycles. The van der Waals surface area contributed by atoms with Crippen molar-refractivity contribution in [3.05, 3.63) is 40.9 Å². The van der Waals surface area contributed by atoms with Crippen molar-refractivity contribution < 1.29 is 14.6 Å². The van der Waals surface area contributed by atoms with Crippen LogP contribution in [0.2, 0.25) is 0 Å². The van der Waals surface area contributed by atoms with Gasteiger partial charge in [0, 0.05) is 15.4 Å². The van der Waals surface area contributed by atoms with Gasteiger partial charge in [-0.3, -0.25) is 0 Å². The van der Waals surface area contributed by atoms with Crippen LogP contribution in [-0.2, 0) is 0 Å². The lowest BCUT2D eigenvalue weighted by molar-refractivity contribution is 0.169. The van der Waals surface area contributed by atoms with Crippen molar-refractivity contribution in [1.29, 1.82) is 0 Å². The van der Waals surface area contributed by atoms with Crippen LogP contribution in [0.4, 0.5) is 4.79 Å². The summed E-state index contributed by atoms with van der Waals surface area (Å²) in [5, 5.41) is 13.6. The fraction of sp³-hybridized carbons (Fsp3) is 0.389. The minimum Gasteiger partial charge on any atom is -0.493 e. The second kappa shape index (κ2) is 7.21. The molecule has 1 unspecified atom stereocenters. The lowest BCUT2D eigenvalue weighted by Gasteiger charge is -2.28. The largest absolute Gasteiger partial charge is 0.493 e. The van der Waals surface area contributed by atoms with E-state index in [4.69, 9.17) is 9.84 Å². The minimum absolute atomic E-state index is 0.222. The van der Waals surface area contributed by atoms with E-state index in [9.17, 15) is 4.79 Å². The average molecular weight is 380 g/mol. The molecule has 0 spiro atoms. The standard InChI is InChI=1S/C18H22BrNO3/c1-12(10-18(2,3)20-17(21)22)11-23-16-9-8-15(19)13-6-4-5-7-14(13)16/h4-9,12,20H,10-11H2,1-3H3,(H,21,22). The molecule has 0 aliphatic heterocycles. The van der Waals surface area contributed by atoms with Gasteiger partial charge in [0.25, 0.3) is 0 Å². The van der Waals surface area contributed by atoms with E-state index in [0.717, 1.165) is 21.0 Å². The summed E-state index contributed by atoms with van der Waals surface area (Å²) in [7, 11) is 0. The van der Waals surface area contributed by atoms with Crippen molar-refractivity contribution >= 4 is 32.8 Å². The number of carboxylic acid groups (broad SMARTS) is 1. The molecule has 0 heterocycles. The molecule has 5 heteroatoms. The molecule has 2 aromatic rings. The highest BCUT2D eigenvalue weighted by molar-refractivity contribution is 9.10. The molecule has 1 atom stereocenters. The van der Waals surface area contributed by atoms with Crippen molar-refractivity contribution in [1.82, 2.24) is 5.32 Å². The lowest BCUT2D eigenvalue weighted by Crippen LogP contribution is -2.44. The van der Waals surface area contributed by atoms with E-state index in [2.05, 4.69) is 34.2 Å². The monoisotopic (exact) mass is 379 g/mol. The minimum atomic E-state index is -0.998. The summed E-state index contributed by atoms with van der Waals surface area (Å²) < 4.78 is 7.03.